The molecule has 1 amide bonds. The van der Waals surface area contributed by atoms with Gasteiger partial charge in [-0.1, -0.05) is 72.8 Å². The SMILES string of the molecule is COc1ccc(C2CC(C(=O)N(CCc3ccccc3)Cc3ccccc3)NN2)cc1. The van der Waals surface area contributed by atoms with Crippen molar-refractivity contribution in [1.29, 1.82) is 0 Å². The van der Waals surface area contributed by atoms with Gasteiger partial charge in [0.05, 0.1) is 7.11 Å². The molecule has 31 heavy (non-hydrogen) atoms. The highest BCUT2D eigenvalue weighted by molar-refractivity contribution is 5.82. The van der Waals surface area contributed by atoms with E-state index in [2.05, 4.69) is 35.1 Å². The van der Waals surface area contributed by atoms with Crippen LogP contribution in [0.25, 0.3) is 0 Å². The Hall–Kier alpha value is -3.15. The van der Waals surface area contributed by atoms with E-state index < -0.39 is 0 Å². The summed E-state index contributed by atoms with van der Waals surface area (Å²) in [6.45, 7) is 1.29. The molecule has 5 nitrogen and oxygen atoms in total. The van der Waals surface area contributed by atoms with E-state index in [1.807, 2.05) is 65.6 Å². The number of hydrogen-bond acceptors (Lipinski definition) is 4. The first-order valence-corrected chi connectivity index (χ1v) is 10.7. The van der Waals surface area contributed by atoms with Gasteiger partial charge in [-0.3, -0.25) is 4.79 Å². The lowest BCUT2D eigenvalue weighted by Crippen LogP contribution is -2.46. The molecule has 1 fully saturated rings. The predicted molar refractivity (Wildman–Crippen MR) is 122 cm³/mol. The summed E-state index contributed by atoms with van der Waals surface area (Å²) in [6, 6.07) is 28.3. The molecule has 4 rings (SSSR count). The van der Waals surface area contributed by atoms with Crippen molar-refractivity contribution in [2.24, 2.45) is 0 Å². The Balaban J connectivity index is 1.44. The Bertz CT molecular complexity index is 961. The van der Waals surface area contributed by atoms with Gasteiger partial charge in [-0.15, -0.1) is 0 Å². The number of carbonyl (C=O) groups excluding carboxylic acids is 1. The fraction of sp³-hybridized carbons (Fsp3) is 0.269. The fourth-order valence-corrected chi connectivity index (χ4v) is 3.97. The molecule has 1 aliphatic heterocycles. The van der Waals surface area contributed by atoms with Crippen LogP contribution in [0, 0.1) is 0 Å². The average molecular weight is 416 g/mol. The summed E-state index contributed by atoms with van der Waals surface area (Å²) in [5, 5.41) is 0. The number of nitrogens with one attached hydrogen (secondary N) is 2. The minimum absolute atomic E-state index is 0.0903. The minimum Gasteiger partial charge on any atom is -0.497 e. The molecule has 5 heteroatoms. The van der Waals surface area contributed by atoms with Crippen LogP contribution in [0.4, 0.5) is 0 Å². The third kappa shape index (κ3) is 5.51. The maximum absolute atomic E-state index is 13.5. The molecule has 3 aromatic rings. The summed E-state index contributed by atoms with van der Waals surface area (Å²) in [4.78, 5) is 15.4. The standard InChI is InChI=1S/C26H29N3O2/c1-31-23-14-12-22(13-15-23)24-18-25(28-27-24)26(30)29(19-21-10-6-3-7-11-21)17-16-20-8-4-2-5-9-20/h2-15,24-25,27-28H,16-19H2,1H3. The highest BCUT2D eigenvalue weighted by atomic mass is 16.5. The van der Waals surface area contributed by atoms with E-state index in [-0.39, 0.29) is 18.0 Å². The molecule has 0 aliphatic carbocycles. The van der Waals surface area contributed by atoms with Crippen LogP contribution in [0.5, 0.6) is 5.75 Å². The van der Waals surface area contributed by atoms with E-state index in [0.717, 1.165) is 23.3 Å². The molecule has 2 unspecified atom stereocenters. The summed E-state index contributed by atoms with van der Waals surface area (Å²) in [5.41, 5.74) is 10.0. The number of hydrazine groups is 1. The molecular formula is C26H29N3O2. The Morgan fingerprint density at radius 3 is 2.19 bits per heavy atom. The van der Waals surface area contributed by atoms with Gasteiger partial charge < -0.3 is 9.64 Å². The van der Waals surface area contributed by atoms with Crippen molar-refractivity contribution in [3.8, 4) is 5.75 Å². The number of rotatable bonds is 8. The van der Waals surface area contributed by atoms with Crippen LogP contribution in [0.3, 0.4) is 0 Å². The number of benzene rings is 3. The topological polar surface area (TPSA) is 53.6 Å². The monoisotopic (exact) mass is 415 g/mol. The molecule has 0 spiro atoms. The summed E-state index contributed by atoms with van der Waals surface area (Å²) in [6.07, 6.45) is 1.54. The first-order chi connectivity index (χ1) is 15.2. The number of nitrogens with zero attached hydrogens (tertiary/aromatic N) is 1. The fourth-order valence-electron chi connectivity index (χ4n) is 3.97. The maximum atomic E-state index is 13.5. The Morgan fingerprint density at radius 2 is 1.55 bits per heavy atom. The molecular weight excluding hydrogens is 386 g/mol. The predicted octanol–water partition coefficient (Wildman–Crippen LogP) is 3.87. The van der Waals surface area contributed by atoms with Gasteiger partial charge in [0.1, 0.15) is 11.8 Å². The van der Waals surface area contributed by atoms with Gasteiger partial charge >= 0.3 is 0 Å². The molecule has 1 saturated heterocycles. The maximum Gasteiger partial charge on any atom is 0.241 e. The molecule has 0 aromatic heterocycles. The zero-order chi connectivity index (χ0) is 21.5. The molecule has 0 bridgehead atoms. The first-order valence-electron chi connectivity index (χ1n) is 10.7. The smallest absolute Gasteiger partial charge is 0.241 e. The van der Waals surface area contributed by atoms with Gasteiger partial charge in [0.25, 0.3) is 0 Å². The molecule has 2 N–H and O–H groups in total. The van der Waals surface area contributed by atoms with E-state index >= 15 is 0 Å². The number of amides is 1. The first kappa shape index (κ1) is 21.1. The lowest BCUT2D eigenvalue weighted by atomic mass is 10.0. The molecule has 1 heterocycles. The summed E-state index contributed by atoms with van der Waals surface area (Å²) in [7, 11) is 1.66. The normalized spacial score (nSPS) is 18.0. The van der Waals surface area contributed by atoms with Crippen molar-refractivity contribution in [3.63, 3.8) is 0 Å². The van der Waals surface area contributed by atoms with Gasteiger partial charge in [-0.25, -0.2) is 10.9 Å². The minimum atomic E-state index is -0.258. The van der Waals surface area contributed by atoms with Crippen molar-refractivity contribution >= 4 is 5.91 Å². The molecule has 1 aliphatic rings. The lowest BCUT2D eigenvalue weighted by molar-refractivity contribution is -0.133. The molecule has 0 saturated carbocycles. The van der Waals surface area contributed by atoms with Crippen molar-refractivity contribution in [3.05, 3.63) is 102 Å². The number of ether oxygens (including phenoxy) is 1. The van der Waals surface area contributed by atoms with E-state index in [0.29, 0.717) is 19.5 Å². The number of hydrogen-bond donors (Lipinski definition) is 2. The zero-order valence-corrected chi connectivity index (χ0v) is 17.8. The van der Waals surface area contributed by atoms with Crippen molar-refractivity contribution in [1.82, 2.24) is 15.8 Å². The van der Waals surface area contributed by atoms with Crippen molar-refractivity contribution in [2.75, 3.05) is 13.7 Å². The highest BCUT2D eigenvalue weighted by Crippen LogP contribution is 2.25. The number of carbonyl (C=O) groups is 1. The van der Waals surface area contributed by atoms with Gasteiger partial charge in [-0.2, -0.15) is 0 Å². The largest absolute Gasteiger partial charge is 0.497 e. The van der Waals surface area contributed by atoms with Gasteiger partial charge in [-0.05, 0) is 41.7 Å². The van der Waals surface area contributed by atoms with Crippen molar-refractivity contribution in [2.45, 2.75) is 31.5 Å². The molecule has 3 aromatic carbocycles. The van der Waals surface area contributed by atoms with Gasteiger partial charge in [0.15, 0.2) is 0 Å². The zero-order valence-electron chi connectivity index (χ0n) is 17.8. The van der Waals surface area contributed by atoms with Gasteiger partial charge in [0.2, 0.25) is 5.91 Å². The molecule has 2 atom stereocenters. The van der Waals surface area contributed by atoms with Crippen LogP contribution in [0.2, 0.25) is 0 Å². The van der Waals surface area contributed by atoms with E-state index in [1.165, 1.54) is 5.56 Å². The van der Waals surface area contributed by atoms with Crippen LogP contribution < -0.4 is 15.6 Å². The Labute approximate surface area is 184 Å². The third-order valence-electron chi connectivity index (χ3n) is 5.76. The van der Waals surface area contributed by atoms with Crippen LogP contribution in [0.15, 0.2) is 84.9 Å². The van der Waals surface area contributed by atoms with Crippen LogP contribution in [-0.2, 0) is 17.8 Å². The second kappa shape index (κ2) is 10.2. The average Bonchev–Trinajstić information content (AvgIpc) is 3.33. The summed E-state index contributed by atoms with van der Waals surface area (Å²) in [5.74, 6) is 0.959. The summed E-state index contributed by atoms with van der Waals surface area (Å²) >= 11 is 0. The quantitative estimate of drug-likeness (QED) is 0.586. The molecule has 160 valence electrons. The van der Waals surface area contributed by atoms with Crippen molar-refractivity contribution < 1.29 is 9.53 Å². The Morgan fingerprint density at radius 1 is 0.903 bits per heavy atom. The number of methoxy groups -OCH3 is 1. The Kier molecular flexibility index (Phi) is 6.97. The third-order valence-corrected chi connectivity index (χ3v) is 5.76. The second-order valence-corrected chi connectivity index (χ2v) is 7.88. The summed E-state index contributed by atoms with van der Waals surface area (Å²) < 4.78 is 5.25. The van der Waals surface area contributed by atoms with Gasteiger partial charge in [0, 0.05) is 19.1 Å². The van der Waals surface area contributed by atoms with E-state index in [4.69, 9.17) is 4.74 Å². The van der Waals surface area contributed by atoms with Crippen LogP contribution in [0.1, 0.15) is 29.2 Å². The molecule has 0 radical (unpaired) electrons. The van der Waals surface area contributed by atoms with E-state index in [1.54, 1.807) is 7.11 Å². The van der Waals surface area contributed by atoms with Crippen LogP contribution >= 0.6 is 0 Å². The highest BCUT2D eigenvalue weighted by Gasteiger charge is 2.33. The van der Waals surface area contributed by atoms with E-state index in [9.17, 15) is 4.79 Å². The lowest BCUT2D eigenvalue weighted by Gasteiger charge is -2.26. The van der Waals surface area contributed by atoms with Crippen LogP contribution in [-0.4, -0.2) is 30.5 Å². The second-order valence-electron chi connectivity index (χ2n) is 7.88.